The Hall–Kier alpha value is -3.13. The van der Waals surface area contributed by atoms with E-state index in [4.69, 9.17) is 4.42 Å². The molecule has 4 aromatic carbocycles. The molecule has 0 radical (unpaired) electrons. The average molecular weight is 296 g/mol. The van der Waals surface area contributed by atoms with E-state index in [0.29, 0.717) is 11.1 Å². The highest BCUT2D eigenvalue weighted by molar-refractivity contribution is 6.17. The maximum atomic E-state index is 11.2. The molecular weight excluding hydrogens is 284 g/mol. The third-order valence-corrected chi connectivity index (χ3v) is 4.52. The second-order valence-corrected chi connectivity index (χ2v) is 5.80. The standard InChI is InChI=1S/C21H12O2/c22-12-15-5-3-7-17-19-10-14-9-8-13-4-1-2-6-16(13)18(14)11-20(19)23-21(15)17/h1-12H. The lowest BCUT2D eigenvalue weighted by Crippen LogP contribution is -1.78. The van der Waals surface area contributed by atoms with Crippen molar-refractivity contribution in [1.82, 2.24) is 0 Å². The van der Waals surface area contributed by atoms with Crippen molar-refractivity contribution in [2.45, 2.75) is 0 Å². The number of para-hydroxylation sites is 1. The van der Waals surface area contributed by atoms with Crippen LogP contribution in [0.1, 0.15) is 10.4 Å². The highest BCUT2D eigenvalue weighted by Crippen LogP contribution is 2.35. The smallest absolute Gasteiger partial charge is 0.153 e. The summed E-state index contributed by atoms with van der Waals surface area (Å²) in [5.74, 6) is 0. The third kappa shape index (κ3) is 1.66. The SMILES string of the molecule is O=Cc1cccc2c1oc1cc3c(ccc4ccccc43)cc12. The molecule has 1 heterocycles. The summed E-state index contributed by atoms with van der Waals surface area (Å²) in [4.78, 5) is 11.2. The van der Waals surface area contributed by atoms with Gasteiger partial charge in [-0.1, -0.05) is 48.5 Å². The number of rotatable bonds is 1. The largest absolute Gasteiger partial charge is 0.455 e. The Morgan fingerprint density at radius 3 is 2.43 bits per heavy atom. The first-order valence-corrected chi connectivity index (χ1v) is 7.57. The average Bonchev–Trinajstić information content (AvgIpc) is 2.97. The van der Waals surface area contributed by atoms with Gasteiger partial charge in [-0.2, -0.15) is 0 Å². The highest BCUT2D eigenvalue weighted by Gasteiger charge is 2.12. The molecule has 0 unspecified atom stereocenters. The van der Waals surface area contributed by atoms with Gasteiger partial charge in [-0.25, -0.2) is 0 Å². The van der Waals surface area contributed by atoms with Crippen molar-refractivity contribution in [2.24, 2.45) is 0 Å². The lowest BCUT2D eigenvalue weighted by molar-refractivity contribution is 0.112. The van der Waals surface area contributed by atoms with Gasteiger partial charge in [0.05, 0.1) is 5.56 Å². The molecule has 0 N–H and O–H groups in total. The topological polar surface area (TPSA) is 30.2 Å². The van der Waals surface area contributed by atoms with Gasteiger partial charge in [0.1, 0.15) is 11.2 Å². The summed E-state index contributed by atoms with van der Waals surface area (Å²) in [5, 5.41) is 6.80. The van der Waals surface area contributed by atoms with Crippen LogP contribution in [0.5, 0.6) is 0 Å². The van der Waals surface area contributed by atoms with Crippen molar-refractivity contribution in [3.63, 3.8) is 0 Å². The van der Waals surface area contributed by atoms with E-state index in [0.717, 1.165) is 22.6 Å². The number of furan rings is 1. The van der Waals surface area contributed by atoms with E-state index in [9.17, 15) is 4.79 Å². The minimum atomic E-state index is 0.590. The van der Waals surface area contributed by atoms with Gasteiger partial charge >= 0.3 is 0 Å². The van der Waals surface area contributed by atoms with Crippen LogP contribution >= 0.6 is 0 Å². The van der Waals surface area contributed by atoms with E-state index in [1.54, 1.807) is 6.07 Å². The Morgan fingerprint density at radius 2 is 1.52 bits per heavy atom. The molecule has 108 valence electrons. The van der Waals surface area contributed by atoms with Gasteiger partial charge in [0.2, 0.25) is 0 Å². The van der Waals surface area contributed by atoms with Crippen LogP contribution < -0.4 is 0 Å². The minimum Gasteiger partial charge on any atom is -0.455 e. The number of benzene rings is 4. The zero-order valence-corrected chi connectivity index (χ0v) is 12.2. The van der Waals surface area contributed by atoms with E-state index in [1.165, 1.54) is 21.5 Å². The van der Waals surface area contributed by atoms with E-state index in [1.807, 2.05) is 18.2 Å². The van der Waals surface area contributed by atoms with Crippen LogP contribution in [0.25, 0.3) is 43.5 Å². The molecule has 0 aliphatic rings. The number of carbonyl (C=O) groups is 1. The number of aldehydes is 1. The number of fused-ring (bicyclic) bond motifs is 6. The van der Waals surface area contributed by atoms with Crippen molar-refractivity contribution in [2.75, 3.05) is 0 Å². The summed E-state index contributed by atoms with van der Waals surface area (Å²) in [6.45, 7) is 0. The normalized spacial score (nSPS) is 11.7. The molecule has 0 spiro atoms. The Labute approximate surface area is 131 Å². The van der Waals surface area contributed by atoms with Crippen LogP contribution in [0.3, 0.4) is 0 Å². The zero-order valence-electron chi connectivity index (χ0n) is 12.2. The first-order valence-electron chi connectivity index (χ1n) is 7.57. The fraction of sp³-hybridized carbons (Fsp3) is 0. The first kappa shape index (κ1) is 12.4. The van der Waals surface area contributed by atoms with Gasteiger partial charge in [-0.3, -0.25) is 4.79 Å². The van der Waals surface area contributed by atoms with E-state index in [-0.39, 0.29) is 0 Å². The van der Waals surface area contributed by atoms with Crippen molar-refractivity contribution >= 4 is 49.8 Å². The molecular formula is C21H12O2. The number of carbonyl (C=O) groups excluding carboxylic acids is 1. The van der Waals surface area contributed by atoms with Crippen LogP contribution in [0.15, 0.2) is 71.1 Å². The molecule has 0 aliphatic heterocycles. The Kier molecular flexibility index (Phi) is 2.39. The molecule has 2 nitrogen and oxygen atoms in total. The Bertz CT molecular complexity index is 1230. The maximum absolute atomic E-state index is 11.2. The molecule has 5 aromatic rings. The molecule has 0 saturated carbocycles. The Morgan fingerprint density at radius 1 is 0.696 bits per heavy atom. The lowest BCUT2D eigenvalue weighted by atomic mass is 10.00. The summed E-state index contributed by atoms with van der Waals surface area (Å²) >= 11 is 0. The molecule has 0 atom stereocenters. The minimum absolute atomic E-state index is 0.590. The van der Waals surface area contributed by atoms with Gasteiger partial charge in [0.25, 0.3) is 0 Å². The van der Waals surface area contributed by atoms with Gasteiger partial charge in [0.15, 0.2) is 6.29 Å². The summed E-state index contributed by atoms with van der Waals surface area (Å²) < 4.78 is 6.00. The molecule has 0 bridgehead atoms. The third-order valence-electron chi connectivity index (χ3n) is 4.52. The summed E-state index contributed by atoms with van der Waals surface area (Å²) in [6.07, 6.45) is 0.847. The van der Waals surface area contributed by atoms with E-state index in [2.05, 4.69) is 42.5 Å². The zero-order chi connectivity index (χ0) is 15.4. The van der Waals surface area contributed by atoms with Crippen LogP contribution in [0, 0.1) is 0 Å². The van der Waals surface area contributed by atoms with Gasteiger partial charge in [0, 0.05) is 10.8 Å². The van der Waals surface area contributed by atoms with Gasteiger partial charge < -0.3 is 4.42 Å². The predicted octanol–water partition coefficient (Wildman–Crippen LogP) is 5.70. The summed E-state index contributed by atoms with van der Waals surface area (Å²) in [5.41, 5.74) is 2.07. The van der Waals surface area contributed by atoms with Gasteiger partial charge in [-0.15, -0.1) is 0 Å². The van der Waals surface area contributed by atoms with Crippen LogP contribution in [-0.4, -0.2) is 6.29 Å². The molecule has 23 heavy (non-hydrogen) atoms. The van der Waals surface area contributed by atoms with E-state index < -0.39 is 0 Å². The van der Waals surface area contributed by atoms with Crippen LogP contribution in [-0.2, 0) is 0 Å². The van der Waals surface area contributed by atoms with Crippen molar-refractivity contribution < 1.29 is 9.21 Å². The lowest BCUT2D eigenvalue weighted by Gasteiger charge is -2.03. The number of hydrogen-bond acceptors (Lipinski definition) is 2. The maximum Gasteiger partial charge on any atom is 0.153 e. The number of hydrogen-bond donors (Lipinski definition) is 0. The van der Waals surface area contributed by atoms with Crippen molar-refractivity contribution in [3.05, 3.63) is 72.3 Å². The predicted molar refractivity (Wildman–Crippen MR) is 94.1 cm³/mol. The molecule has 0 aliphatic carbocycles. The first-order chi connectivity index (χ1) is 11.3. The summed E-state index contributed by atoms with van der Waals surface area (Å²) in [6, 6.07) is 22.5. The van der Waals surface area contributed by atoms with E-state index >= 15 is 0 Å². The van der Waals surface area contributed by atoms with Crippen molar-refractivity contribution in [3.8, 4) is 0 Å². The molecule has 0 fully saturated rings. The molecule has 2 heteroatoms. The molecule has 0 saturated heterocycles. The molecule has 0 amide bonds. The van der Waals surface area contributed by atoms with Crippen molar-refractivity contribution in [1.29, 1.82) is 0 Å². The molecule has 5 rings (SSSR count). The molecule has 1 aromatic heterocycles. The fourth-order valence-electron chi connectivity index (χ4n) is 3.41. The highest BCUT2D eigenvalue weighted by atomic mass is 16.3. The van der Waals surface area contributed by atoms with Gasteiger partial charge in [-0.05, 0) is 39.7 Å². The second-order valence-electron chi connectivity index (χ2n) is 5.80. The van der Waals surface area contributed by atoms with Crippen LogP contribution in [0.4, 0.5) is 0 Å². The monoisotopic (exact) mass is 296 g/mol. The summed E-state index contributed by atoms with van der Waals surface area (Å²) in [7, 11) is 0. The Balaban J connectivity index is 2.01. The quantitative estimate of drug-likeness (QED) is 0.293. The fourth-order valence-corrected chi connectivity index (χ4v) is 3.41. The second kappa shape index (κ2) is 4.43. The van der Waals surface area contributed by atoms with Crippen LogP contribution in [0.2, 0.25) is 0 Å².